The first-order chi connectivity index (χ1) is 10.1. The van der Waals surface area contributed by atoms with Crippen LogP contribution in [0.3, 0.4) is 0 Å². The molecule has 1 atom stereocenters. The molecule has 0 aliphatic heterocycles. The van der Waals surface area contributed by atoms with Crippen molar-refractivity contribution in [1.29, 1.82) is 0 Å². The van der Waals surface area contributed by atoms with Crippen molar-refractivity contribution in [3.63, 3.8) is 0 Å². The van der Waals surface area contributed by atoms with Gasteiger partial charge in [-0.1, -0.05) is 44.5 Å². The maximum atomic E-state index is 6.19. The fourth-order valence-corrected chi connectivity index (χ4v) is 3.21. The topological polar surface area (TPSA) is 21.3 Å². The number of hydrogen-bond donors (Lipinski definition) is 1. The van der Waals surface area contributed by atoms with Gasteiger partial charge in [-0.3, -0.25) is 0 Å². The molecule has 0 saturated carbocycles. The summed E-state index contributed by atoms with van der Waals surface area (Å²) in [6, 6.07) is 8.47. The molecule has 1 rings (SSSR count). The molecule has 1 unspecified atom stereocenters. The molecule has 0 aromatic heterocycles. The van der Waals surface area contributed by atoms with Gasteiger partial charge in [0.05, 0.1) is 5.60 Å². The van der Waals surface area contributed by atoms with E-state index in [2.05, 4.69) is 45.1 Å². The Bertz CT molecular complexity index is 404. The second-order valence-corrected chi connectivity index (χ2v) is 5.98. The molecular formula is C18H30ClNO. The normalized spacial score (nSPS) is 13.4. The summed E-state index contributed by atoms with van der Waals surface area (Å²) in [5.74, 6) is 0. The summed E-state index contributed by atoms with van der Waals surface area (Å²) >= 11 is 6.12. The highest BCUT2D eigenvalue weighted by Crippen LogP contribution is 2.28. The van der Waals surface area contributed by atoms with Crippen molar-refractivity contribution >= 4 is 11.6 Å². The minimum absolute atomic E-state index is 0.105. The van der Waals surface area contributed by atoms with Crippen molar-refractivity contribution in [2.45, 2.75) is 65.0 Å². The Morgan fingerprint density at radius 1 is 1.19 bits per heavy atom. The molecule has 0 fully saturated rings. The third-order valence-electron chi connectivity index (χ3n) is 4.23. The lowest BCUT2D eigenvalue weighted by molar-refractivity contribution is -0.0718. The summed E-state index contributed by atoms with van der Waals surface area (Å²) in [7, 11) is 0. The molecule has 0 amide bonds. The van der Waals surface area contributed by atoms with Crippen LogP contribution in [0.1, 0.15) is 52.5 Å². The van der Waals surface area contributed by atoms with Gasteiger partial charge in [0.1, 0.15) is 0 Å². The zero-order valence-corrected chi connectivity index (χ0v) is 14.7. The average Bonchev–Trinajstić information content (AvgIpc) is 2.49. The van der Waals surface area contributed by atoms with Crippen LogP contribution < -0.4 is 5.32 Å². The summed E-state index contributed by atoms with van der Waals surface area (Å²) in [6.07, 6.45) is 4.10. The lowest BCUT2D eigenvalue weighted by atomic mass is 9.84. The first-order valence-corrected chi connectivity index (χ1v) is 8.61. The fourth-order valence-electron chi connectivity index (χ4n) is 3.00. The smallest absolute Gasteiger partial charge is 0.0832 e. The Balaban J connectivity index is 2.96. The van der Waals surface area contributed by atoms with Crippen molar-refractivity contribution in [2.75, 3.05) is 13.2 Å². The Labute approximate surface area is 135 Å². The van der Waals surface area contributed by atoms with E-state index in [-0.39, 0.29) is 5.60 Å². The highest BCUT2D eigenvalue weighted by atomic mass is 35.5. The number of benzene rings is 1. The molecule has 0 saturated heterocycles. The van der Waals surface area contributed by atoms with Gasteiger partial charge < -0.3 is 10.1 Å². The van der Waals surface area contributed by atoms with Gasteiger partial charge >= 0.3 is 0 Å². The van der Waals surface area contributed by atoms with Crippen molar-refractivity contribution in [1.82, 2.24) is 5.32 Å². The van der Waals surface area contributed by atoms with Gasteiger partial charge in [0.15, 0.2) is 0 Å². The minimum atomic E-state index is -0.105. The predicted octanol–water partition coefficient (Wildman–Crippen LogP) is 4.85. The van der Waals surface area contributed by atoms with Gasteiger partial charge in [-0.2, -0.15) is 0 Å². The van der Waals surface area contributed by atoms with Gasteiger partial charge in [-0.15, -0.1) is 0 Å². The molecular weight excluding hydrogens is 282 g/mol. The largest absolute Gasteiger partial charge is 0.374 e. The van der Waals surface area contributed by atoms with Crippen LogP contribution in [0.2, 0.25) is 5.02 Å². The van der Waals surface area contributed by atoms with Crippen LogP contribution >= 0.6 is 11.6 Å². The molecule has 21 heavy (non-hydrogen) atoms. The zero-order chi connectivity index (χ0) is 15.7. The predicted molar refractivity (Wildman–Crippen MR) is 92.2 cm³/mol. The molecule has 1 aromatic rings. The Morgan fingerprint density at radius 3 is 2.43 bits per heavy atom. The lowest BCUT2D eigenvalue weighted by Crippen LogP contribution is -2.53. The molecule has 120 valence electrons. The van der Waals surface area contributed by atoms with Gasteiger partial charge in [0.25, 0.3) is 0 Å². The standard InChI is InChI=1S/C18H30ClNO/c1-5-12-20-17(18(6-2,7-3)21-8-4)14-15-10-9-11-16(19)13-15/h9-11,13,17,20H,5-8,12,14H2,1-4H3. The SMILES string of the molecule is CCCNC(Cc1cccc(Cl)c1)C(CC)(CC)OCC. The summed E-state index contributed by atoms with van der Waals surface area (Å²) in [6.45, 7) is 10.5. The number of nitrogens with one attached hydrogen (secondary N) is 1. The number of hydrogen-bond acceptors (Lipinski definition) is 2. The van der Waals surface area contributed by atoms with Crippen LogP contribution in [-0.4, -0.2) is 24.8 Å². The maximum Gasteiger partial charge on any atom is 0.0832 e. The van der Waals surface area contributed by atoms with Crippen molar-refractivity contribution in [3.05, 3.63) is 34.9 Å². The van der Waals surface area contributed by atoms with Gasteiger partial charge in [-0.25, -0.2) is 0 Å². The second-order valence-electron chi connectivity index (χ2n) is 5.55. The minimum Gasteiger partial charge on any atom is -0.374 e. The van der Waals surface area contributed by atoms with E-state index in [1.807, 2.05) is 12.1 Å². The number of halogens is 1. The van der Waals surface area contributed by atoms with Crippen LogP contribution in [0.25, 0.3) is 0 Å². The van der Waals surface area contributed by atoms with E-state index in [1.165, 1.54) is 5.56 Å². The molecule has 0 bridgehead atoms. The molecule has 3 heteroatoms. The van der Waals surface area contributed by atoms with Crippen molar-refractivity contribution in [3.8, 4) is 0 Å². The highest BCUT2D eigenvalue weighted by Gasteiger charge is 2.36. The lowest BCUT2D eigenvalue weighted by Gasteiger charge is -2.40. The van der Waals surface area contributed by atoms with Crippen LogP contribution in [-0.2, 0) is 11.2 Å². The molecule has 0 aliphatic carbocycles. The van der Waals surface area contributed by atoms with E-state index >= 15 is 0 Å². The molecule has 1 aromatic carbocycles. The molecule has 1 N–H and O–H groups in total. The molecule has 0 heterocycles. The van der Waals surface area contributed by atoms with E-state index in [4.69, 9.17) is 16.3 Å². The monoisotopic (exact) mass is 311 g/mol. The van der Waals surface area contributed by atoms with Crippen LogP contribution in [0.5, 0.6) is 0 Å². The molecule has 2 nitrogen and oxygen atoms in total. The van der Waals surface area contributed by atoms with E-state index in [1.54, 1.807) is 0 Å². The van der Waals surface area contributed by atoms with Crippen LogP contribution in [0, 0.1) is 0 Å². The number of rotatable bonds is 10. The third kappa shape index (κ3) is 5.28. The average molecular weight is 312 g/mol. The highest BCUT2D eigenvalue weighted by molar-refractivity contribution is 6.30. The summed E-state index contributed by atoms with van der Waals surface area (Å²) < 4.78 is 6.19. The van der Waals surface area contributed by atoms with Gasteiger partial charge in [0.2, 0.25) is 0 Å². The van der Waals surface area contributed by atoms with Crippen LogP contribution in [0.4, 0.5) is 0 Å². The second kappa shape index (κ2) is 9.45. The van der Waals surface area contributed by atoms with E-state index in [9.17, 15) is 0 Å². The Morgan fingerprint density at radius 2 is 1.90 bits per heavy atom. The Hall–Kier alpha value is -0.570. The molecule has 0 spiro atoms. The zero-order valence-electron chi connectivity index (χ0n) is 13.9. The molecule has 0 aliphatic rings. The van der Waals surface area contributed by atoms with E-state index in [0.717, 1.165) is 43.9 Å². The summed E-state index contributed by atoms with van der Waals surface area (Å²) in [5, 5.41) is 4.50. The first-order valence-electron chi connectivity index (χ1n) is 8.23. The summed E-state index contributed by atoms with van der Waals surface area (Å²) in [5.41, 5.74) is 1.16. The Kier molecular flexibility index (Phi) is 8.31. The fraction of sp³-hybridized carbons (Fsp3) is 0.667. The van der Waals surface area contributed by atoms with Crippen molar-refractivity contribution < 1.29 is 4.74 Å². The van der Waals surface area contributed by atoms with Gasteiger partial charge in [0, 0.05) is 17.7 Å². The number of ether oxygens (including phenoxy) is 1. The van der Waals surface area contributed by atoms with Crippen molar-refractivity contribution in [2.24, 2.45) is 0 Å². The quantitative estimate of drug-likeness (QED) is 0.667. The van der Waals surface area contributed by atoms with Gasteiger partial charge in [-0.05, 0) is 56.8 Å². The summed E-state index contributed by atoms with van der Waals surface area (Å²) in [4.78, 5) is 0. The molecule has 0 radical (unpaired) electrons. The van der Waals surface area contributed by atoms with E-state index in [0.29, 0.717) is 6.04 Å². The van der Waals surface area contributed by atoms with Crippen LogP contribution in [0.15, 0.2) is 24.3 Å². The third-order valence-corrected chi connectivity index (χ3v) is 4.47. The first kappa shape index (κ1) is 18.5. The maximum absolute atomic E-state index is 6.19. The van der Waals surface area contributed by atoms with E-state index < -0.39 is 0 Å².